The van der Waals surface area contributed by atoms with E-state index in [-0.39, 0.29) is 5.91 Å². The quantitative estimate of drug-likeness (QED) is 0.574. The van der Waals surface area contributed by atoms with Crippen LogP contribution in [0.2, 0.25) is 0 Å². The number of benzene rings is 2. The molecule has 0 radical (unpaired) electrons. The Morgan fingerprint density at radius 1 is 1.07 bits per heavy atom. The van der Waals surface area contributed by atoms with Crippen LogP contribution < -0.4 is 10.1 Å². The number of methoxy groups -OCH3 is 1. The molecule has 0 spiro atoms. The molecule has 1 N–H and O–H groups in total. The van der Waals surface area contributed by atoms with Gasteiger partial charge in [-0.25, -0.2) is 4.98 Å². The van der Waals surface area contributed by atoms with E-state index in [1.165, 1.54) is 11.3 Å². The van der Waals surface area contributed by atoms with Crippen molar-refractivity contribution in [1.29, 1.82) is 0 Å². The summed E-state index contributed by atoms with van der Waals surface area (Å²) in [7, 11) is 1.63. The van der Waals surface area contributed by atoms with Crippen LogP contribution in [0.3, 0.4) is 0 Å². The summed E-state index contributed by atoms with van der Waals surface area (Å²) in [5.41, 5.74) is 2.92. The van der Waals surface area contributed by atoms with E-state index in [0.717, 1.165) is 32.9 Å². The summed E-state index contributed by atoms with van der Waals surface area (Å²) in [6.45, 7) is 1.84. The molecule has 0 aliphatic heterocycles. The van der Waals surface area contributed by atoms with Gasteiger partial charge in [-0.3, -0.25) is 10.1 Å². The first-order valence-electron chi connectivity index (χ1n) is 8.30. The Labute approximate surface area is 159 Å². The Morgan fingerprint density at radius 3 is 2.56 bits per heavy atom. The fraction of sp³-hybridized carbons (Fsp3) is 0.100. The molecule has 1 amide bonds. The monoisotopic (exact) mass is 376 g/mol. The molecule has 27 heavy (non-hydrogen) atoms. The molecule has 2 aromatic carbocycles. The molecule has 0 aliphatic rings. The topological polar surface area (TPSA) is 77.0 Å². The molecule has 7 heteroatoms. The van der Waals surface area contributed by atoms with E-state index in [0.29, 0.717) is 10.7 Å². The molecule has 0 saturated heterocycles. The number of hydrogen-bond donors (Lipinski definition) is 1. The van der Waals surface area contributed by atoms with Crippen molar-refractivity contribution in [2.45, 2.75) is 6.92 Å². The zero-order valence-electron chi connectivity index (χ0n) is 14.8. The summed E-state index contributed by atoms with van der Waals surface area (Å²) < 4.78 is 5.21. The molecule has 0 fully saturated rings. The molecule has 0 saturated carbocycles. The number of para-hydroxylation sites is 1. The van der Waals surface area contributed by atoms with Gasteiger partial charge in [0.1, 0.15) is 10.8 Å². The number of pyridine rings is 1. The van der Waals surface area contributed by atoms with Gasteiger partial charge in [0.2, 0.25) is 5.13 Å². The largest absolute Gasteiger partial charge is 0.497 e. The van der Waals surface area contributed by atoms with Gasteiger partial charge in [-0.2, -0.15) is 0 Å². The lowest BCUT2D eigenvalue weighted by Crippen LogP contribution is -2.13. The third kappa shape index (κ3) is 3.50. The maximum absolute atomic E-state index is 12.9. The molecule has 0 unspecified atom stereocenters. The van der Waals surface area contributed by atoms with Crippen molar-refractivity contribution in [3.05, 3.63) is 65.2 Å². The van der Waals surface area contributed by atoms with Gasteiger partial charge in [0.25, 0.3) is 5.91 Å². The van der Waals surface area contributed by atoms with Crippen molar-refractivity contribution < 1.29 is 9.53 Å². The number of carbonyl (C=O) groups is 1. The smallest absolute Gasteiger partial charge is 0.258 e. The van der Waals surface area contributed by atoms with E-state index >= 15 is 0 Å². The summed E-state index contributed by atoms with van der Waals surface area (Å²) in [4.78, 5) is 17.6. The number of carbonyl (C=O) groups excluding carboxylic acids is 1. The van der Waals surface area contributed by atoms with Crippen LogP contribution >= 0.6 is 11.3 Å². The van der Waals surface area contributed by atoms with Gasteiger partial charge in [-0.15, -0.1) is 10.2 Å². The van der Waals surface area contributed by atoms with Crippen LogP contribution in [-0.2, 0) is 0 Å². The highest BCUT2D eigenvalue weighted by Crippen LogP contribution is 2.27. The maximum Gasteiger partial charge on any atom is 0.258 e. The van der Waals surface area contributed by atoms with Crippen LogP contribution in [0.5, 0.6) is 5.75 Å². The van der Waals surface area contributed by atoms with Crippen molar-refractivity contribution in [2.24, 2.45) is 0 Å². The lowest BCUT2D eigenvalue weighted by atomic mass is 10.0. The number of nitrogens with one attached hydrogen (secondary N) is 1. The van der Waals surface area contributed by atoms with Crippen molar-refractivity contribution in [2.75, 3.05) is 12.4 Å². The molecule has 134 valence electrons. The molecule has 0 aliphatic carbocycles. The van der Waals surface area contributed by atoms with Gasteiger partial charge >= 0.3 is 0 Å². The molecule has 4 aromatic rings. The summed E-state index contributed by atoms with van der Waals surface area (Å²) in [5.74, 6) is 0.531. The minimum atomic E-state index is -0.237. The molecule has 0 atom stereocenters. The Kier molecular flexibility index (Phi) is 4.52. The predicted octanol–water partition coefficient (Wildman–Crippen LogP) is 4.32. The molecular formula is C20H16N4O2S. The summed E-state index contributed by atoms with van der Waals surface area (Å²) in [6.07, 6.45) is 0. The number of aryl methyl sites for hydroxylation is 1. The van der Waals surface area contributed by atoms with E-state index < -0.39 is 0 Å². The second-order valence-corrected chi connectivity index (χ2v) is 7.06. The minimum absolute atomic E-state index is 0.237. The van der Waals surface area contributed by atoms with Crippen LogP contribution in [-0.4, -0.2) is 28.2 Å². The highest BCUT2D eigenvalue weighted by atomic mass is 32.1. The van der Waals surface area contributed by atoms with Crippen molar-refractivity contribution in [1.82, 2.24) is 15.2 Å². The fourth-order valence-electron chi connectivity index (χ4n) is 2.78. The van der Waals surface area contributed by atoms with Crippen LogP contribution in [0.15, 0.2) is 54.6 Å². The molecule has 0 bridgehead atoms. The normalized spacial score (nSPS) is 10.7. The van der Waals surface area contributed by atoms with Crippen LogP contribution in [0.25, 0.3) is 22.2 Å². The van der Waals surface area contributed by atoms with Gasteiger partial charge in [-0.05, 0) is 43.3 Å². The Hall–Kier alpha value is -3.32. The van der Waals surface area contributed by atoms with Crippen LogP contribution in [0, 0.1) is 6.92 Å². The Bertz CT molecular complexity index is 1120. The second kappa shape index (κ2) is 7.13. The number of nitrogens with zero attached hydrogens (tertiary/aromatic N) is 3. The molecular weight excluding hydrogens is 360 g/mol. The molecule has 4 rings (SSSR count). The SMILES string of the molecule is COc1ccc(-c2cc(C(=O)Nc3nnc(C)s3)c3ccccc3n2)cc1. The third-order valence-corrected chi connectivity index (χ3v) is 4.85. The van der Waals surface area contributed by atoms with E-state index in [1.54, 1.807) is 13.2 Å². The summed E-state index contributed by atoms with van der Waals surface area (Å²) >= 11 is 1.34. The first-order chi connectivity index (χ1) is 13.1. The lowest BCUT2D eigenvalue weighted by Gasteiger charge is -2.10. The van der Waals surface area contributed by atoms with Gasteiger partial charge in [0.15, 0.2) is 0 Å². The number of ether oxygens (including phenoxy) is 1. The average Bonchev–Trinajstić information content (AvgIpc) is 3.11. The number of fused-ring (bicyclic) bond motifs is 1. The van der Waals surface area contributed by atoms with E-state index in [2.05, 4.69) is 15.5 Å². The van der Waals surface area contributed by atoms with Crippen molar-refractivity contribution in [3.63, 3.8) is 0 Å². The van der Waals surface area contributed by atoms with E-state index in [4.69, 9.17) is 9.72 Å². The zero-order valence-corrected chi connectivity index (χ0v) is 15.6. The van der Waals surface area contributed by atoms with Gasteiger partial charge < -0.3 is 4.74 Å². The first kappa shape index (κ1) is 17.1. The van der Waals surface area contributed by atoms with Crippen molar-refractivity contribution in [3.8, 4) is 17.0 Å². The number of hydrogen-bond acceptors (Lipinski definition) is 6. The number of amides is 1. The van der Waals surface area contributed by atoms with Crippen molar-refractivity contribution >= 4 is 33.3 Å². The van der Waals surface area contributed by atoms with Crippen LogP contribution in [0.1, 0.15) is 15.4 Å². The lowest BCUT2D eigenvalue weighted by molar-refractivity contribution is 0.102. The number of rotatable bonds is 4. The molecule has 2 aromatic heterocycles. The maximum atomic E-state index is 12.9. The first-order valence-corrected chi connectivity index (χ1v) is 9.11. The highest BCUT2D eigenvalue weighted by molar-refractivity contribution is 7.15. The van der Waals surface area contributed by atoms with E-state index in [1.807, 2.05) is 55.5 Å². The van der Waals surface area contributed by atoms with Gasteiger partial charge in [0.05, 0.1) is 23.9 Å². The molecule has 6 nitrogen and oxygen atoms in total. The van der Waals surface area contributed by atoms with Gasteiger partial charge in [-0.1, -0.05) is 29.5 Å². The predicted molar refractivity (Wildman–Crippen MR) is 106 cm³/mol. The van der Waals surface area contributed by atoms with Gasteiger partial charge in [0, 0.05) is 10.9 Å². The Balaban J connectivity index is 1.79. The average molecular weight is 376 g/mol. The van der Waals surface area contributed by atoms with Crippen LogP contribution in [0.4, 0.5) is 5.13 Å². The standard InChI is InChI=1S/C20H16N4O2S/c1-12-23-24-20(27-12)22-19(25)16-11-18(13-7-9-14(26-2)10-8-13)21-17-6-4-3-5-15(16)17/h3-11H,1-2H3,(H,22,24,25). The highest BCUT2D eigenvalue weighted by Gasteiger charge is 2.15. The minimum Gasteiger partial charge on any atom is -0.497 e. The number of anilines is 1. The summed E-state index contributed by atoms with van der Waals surface area (Å²) in [6, 6.07) is 17.0. The van der Waals surface area contributed by atoms with E-state index in [9.17, 15) is 4.79 Å². The molecule has 2 heterocycles. The Morgan fingerprint density at radius 2 is 1.85 bits per heavy atom. The third-order valence-electron chi connectivity index (χ3n) is 4.09. The summed E-state index contributed by atoms with van der Waals surface area (Å²) in [5, 5.41) is 12.8. The second-order valence-electron chi connectivity index (χ2n) is 5.88. The number of aromatic nitrogens is 3. The fourth-order valence-corrected chi connectivity index (χ4v) is 3.37. The zero-order chi connectivity index (χ0) is 18.8.